The highest BCUT2D eigenvalue weighted by Crippen LogP contribution is 2.28. The second kappa shape index (κ2) is 7.46. The Morgan fingerprint density at radius 2 is 1.76 bits per heavy atom. The number of hydrogen-bond acceptors (Lipinski definition) is 2. The molecule has 114 valence electrons. The first-order valence-corrected chi connectivity index (χ1v) is 7.99. The summed E-state index contributed by atoms with van der Waals surface area (Å²) in [5.41, 5.74) is 1.26. The Hall–Kier alpha value is -1.54. The van der Waals surface area contributed by atoms with Crippen molar-refractivity contribution < 1.29 is 4.74 Å². The molecule has 1 N–H and O–H groups in total. The van der Waals surface area contributed by atoms with Crippen LogP contribution in [0.2, 0.25) is 0 Å². The maximum atomic E-state index is 5.56. The summed E-state index contributed by atoms with van der Waals surface area (Å²) in [5.74, 6) is 1.70. The van der Waals surface area contributed by atoms with Gasteiger partial charge in [0.05, 0.1) is 7.11 Å². The lowest BCUT2D eigenvalue weighted by Gasteiger charge is -2.23. The fourth-order valence-electron chi connectivity index (χ4n) is 3.12. The highest BCUT2D eigenvalue weighted by Gasteiger charge is 2.14. The van der Waals surface area contributed by atoms with Crippen LogP contribution in [0.5, 0.6) is 5.75 Å². The lowest BCUT2D eigenvalue weighted by molar-refractivity contribution is 0.349. The molecule has 0 heterocycles. The van der Waals surface area contributed by atoms with Crippen LogP contribution in [-0.4, -0.2) is 13.2 Å². The molecular formula is C19H27NO. The Bertz CT molecular complexity index is 575. The van der Waals surface area contributed by atoms with Gasteiger partial charge >= 0.3 is 0 Å². The molecule has 0 fully saturated rings. The van der Waals surface area contributed by atoms with E-state index in [1.54, 1.807) is 7.11 Å². The van der Waals surface area contributed by atoms with Crippen LogP contribution in [0.4, 0.5) is 0 Å². The molecule has 1 unspecified atom stereocenters. The van der Waals surface area contributed by atoms with Crippen molar-refractivity contribution in [3.05, 3.63) is 42.0 Å². The molecule has 0 aliphatic rings. The Morgan fingerprint density at radius 3 is 2.43 bits per heavy atom. The lowest BCUT2D eigenvalue weighted by atomic mass is 9.95. The second-order valence-electron chi connectivity index (χ2n) is 5.71. The van der Waals surface area contributed by atoms with E-state index in [2.05, 4.69) is 62.5 Å². The highest BCUT2D eigenvalue weighted by molar-refractivity contribution is 5.87. The fourth-order valence-corrected chi connectivity index (χ4v) is 3.12. The summed E-state index contributed by atoms with van der Waals surface area (Å²) < 4.78 is 5.56. The third-order valence-corrected chi connectivity index (χ3v) is 4.57. The molecule has 0 aromatic heterocycles. The Balaban J connectivity index is 2.24. The molecule has 1 atom stereocenters. The topological polar surface area (TPSA) is 21.3 Å². The van der Waals surface area contributed by atoms with Crippen LogP contribution < -0.4 is 10.1 Å². The van der Waals surface area contributed by atoms with Gasteiger partial charge < -0.3 is 10.1 Å². The smallest absolute Gasteiger partial charge is 0.123 e. The minimum absolute atomic E-state index is 0.517. The monoisotopic (exact) mass is 285 g/mol. The van der Waals surface area contributed by atoms with Crippen molar-refractivity contribution in [2.75, 3.05) is 7.11 Å². The number of fused-ring (bicyclic) bond motifs is 1. The SMILES string of the molecule is CCC(CC)C(C)NCc1c(OC)ccc2ccccc12. The third kappa shape index (κ3) is 3.56. The molecule has 2 heteroatoms. The lowest BCUT2D eigenvalue weighted by Crippen LogP contribution is -2.32. The molecule has 2 rings (SSSR count). The summed E-state index contributed by atoms with van der Waals surface area (Å²) in [5, 5.41) is 6.24. The van der Waals surface area contributed by atoms with E-state index in [9.17, 15) is 0 Å². The van der Waals surface area contributed by atoms with Gasteiger partial charge in [-0.05, 0) is 29.7 Å². The van der Waals surface area contributed by atoms with Gasteiger partial charge in [0.25, 0.3) is 0 Å². The minimum Gasteiger partial charge on any atom is -0.496 e. The van der Waals surface area contributed by atoms with Crippen molar-refractivity contribution in [1.29, 1.82) is 0 Å². The van der Waals surface area contributed by atoms with Crippen LogP contribution in [0.15, 0.2) is 36.4 Å². The van der Waals surface area contributed by atoms with E-state index in [-0.39, 0.29) is 0 Å². The van der Waals surface area contributed by atoms with Gasteiger partial charge in [-0.2, -0.15) is 0 Å². The fraction of sp³-hybridized carbons (Fsp3) is 0.474. The van der Waals surface area contributed by atoms with Crippen molar-refractivity contribution in [1.82, 2.24) is 5.32 Å². The predicted molar refractivity (Wildman–Crippen MR) is 90.9 cm³/mol. The molecule has 0 spiro atoms. The van der Waals surface area contributed by atoms with E-state index < -0.39 is 0 Å². The van der Waals surface area contributed by atoms with Crippen LogP contribution in [0.3, 0.4) is 0 Å². The first kappa shape index (κ1) is 15.8. The molecule has 0 aliphatic carbocycles. The summed E-state index contributed by atoms with van der Waals surface area (Å²) in [6.07, 6.45) is 2.44. The van der Waals surface area contributed by atoms with Gasteiger partial charge in [0, 0.05) is 18.2 Å². The van der Waals surface area contributed by atoms with Crippen LogP contribution >= 0.6 is 0 Å². The molecular weight excluding hydrogens is 258 g/mol. The largest absolute Gasteiger partial charge is 0.496 e. The Kier molecular flexibility index (Phi) is 5.63. The molecule has 0 aliphatic heterocycles. The number of rotatable bonds is 7. The van der Waals surface area contributed by atoms with E-state index >= 15 is 0 Å². The maximum absolute atomic E-state index is 5.56. The van der Waals surface area contributed by atoms with Crippen LogP contribution in [0.1, 0.15) is 39.2 Å². The van der Waals surface area contributed by atoms with E-state index in [0.717, 1.165) is 18.2 Å². The van der Waals surface area contributed by atoms with Crippen molar-refractivity contribution in [3.63, 3.8) is 0 Å². The van der Waals surface area contributed by atoms with Crippen molar-refractivity contribution in [2.24, 2.45) is 5.92 Å². The van der Waals surface area contributed by atoms with Crippen LogP contribution in [0.25, 0.3) is 10.8 Å². The van der Waals surface area contributed by atoms with Gasteiger partial charge in [-0.15, -0.1) is 0 Å². The Morgan fingerprint density at radius 1 is 1.05 bits per heavy atom. The quantitative estimate of drug-likeness (QED) is 0.791. The van der Waals surface area contributed by atoms with Gasteiger partial charge in [0.1, 0.15) is 5.75 Å². The van der Waals surface area contributed by atoms with E-state index in [1.807, 2.05) is 0 Å². The van der Waals surface area contributed by atoms with E-state index in [0.29, 0.717) is 6.04 Å². The van der Waals surface area contributed by atoms with E-state index in [1.165, 1.54) is 29.2 Å². The van der Waals surface area contributed by atoms with Gasteiger partial charge in [-0.3, -0.25) is 0 Å². The average molecular weight is 285 g/mol. The third-order valence-electron chi connectivity index (χ3n) is 4.57. The normalized spacial score (nSPS) is 12.8. The van der Waals surface area contributed by atoms with Gasteiger partial charge in [0.2, 0.25) is 0 Å². The molecule has 0 amide bonds. The van der Waals surface area contributed by atoms with E-state index in [4.69, 9.17) is 4.74 Å². The molecule has 0 saturated heterocycles. The van der Waals surface area contributed by atoms with Gasteiger partial charge in [-0.25, -0.2) is 0 Å². The zero-order valence-corrected chi connectivity index (χ0v) is 13.6. The minimum atomic E-state index is 0.517. The first-order valence-electron chi connectivity index (χ1n) is 7.99. The summed E-state index contributed by atoms with van der Waals surface area (Å²) in [7, 11) is 1.75. The van der Waals surface area contributed by atoms with Crippen LogP contribution in [0, 0.1) is 5.92 Å². The zero-order valence-electron chi connectivity index (χ0n) is 13.6. The Labute approximate surface area is 128 Å². The van der Waals surface area contributed by atoms with Gasteiger partial charge in [0.15, 0.2) is 0 Å². The maximum Gasteiger partial charge on any atom is 0.123 e. The predicted octanol–water partition coefficient (Wildman–Crippen LogP) is 4.76. The summed E-state index contributed by atoms with van der Waals surface area (Å²) >= 11 is 0. The zero-order chi connectivity index (χ0) is 15.2. The first-order chi connectivity index (χ1) is 10.2. The molecule has 0 saturated carbocycles. The van der Waals surface area contributed by atoms with Crippen molar-refractivity contribution in [3.8, 4) is 5.75 Å². The summed E-state index contributed by atoms with van der Waals surface area (Å²) in [4.78, 5) is 0. The number of methoxy groups -OCH3 is 1. The van der Waals surface area contributed by atoms with Crippen LogP contribution in [-0.2, 0) is 6.54 Å². The number of nitrogens with one attached hydrogen (secondary N) is 1. The average Bonchev–Trinajstić information content (AvgIpc) is 2.53. The van der Waals surface area contributed by atoms with Gasteiger partial charge in [-0.1, -0.05) is 57.0 Å². The summed E-state index contributed by atoms with van der Waals surface area (Å²) in [6.45, 7) is 7.67. The van der Waals surface area contributed by atoms with Crippen molar-refractivity contribution >= 4 is 10.8 Å². The van der Waals surface area contributed by atoms with Crippen molar-refractivity contribution in [2.45, 2.75) is 46.2 Å². The molecule has 0 radical (unpaired) electrons. The standard InChI is InChI=1S/C19H27NO/c1-5-15(6-2)14(3)20-13-18-17-10-8-7-9-16(17)11-12-19(18)21-4/h7-12,14-15,20H,5-6,13H2,1-4H3. The molecule has 2 aromatic carbocycles. The molecule has 2 aromatic rings. The number of ether oxygens (including phenoxy) is 1. The molecule has 2 nitrogen and oxygen atoms in total. The second-order valence-corrected chi connectivity index (χ2v) is 5.71. The number of hydrogen-bond donors (Lipinski definition) is 1. The summed E-state index contributed by atoms with van der Waals surface area (Å²) in [6, 6.07) is 13.2. The highest BCUT2D eigenvalue weighted by atomic mass is 16.5. The molecule has 0 bridgehead atoms. The molecule has 21 heavy (non-hydrogen) atoms. The number of benzene rings is 2.